The Kier molecular flexibility index (Phi) is 3.51. The van der Waals surface area contributed by atoms with E-state index in [4.69, 9.17) is 4.74 Å². The van der Waals surface area contributed by atoms with Crippen molar-refractivity contribution in [1.29, 1.82) is 0 Å². The maximum absolute atomic E-state index is 12.7. The number of alkyl halides is 3. The predicted molar refractivity (Wildman–Crippen MR) is 66.2 cm³/mol. The van der Waals surface area contributed by atoms with E-state index in [0.29, 0.717) is 10.2 Å². The highest BCUT2D eigenvalue weighted by Crippen LogP contribution is 2.49. The van der Waals surface area contributed by atoms with Gasteiger partial charge in [0, 0.05) is 5.56 Å². The molecule has 1 aliphatic carbocycles. The van der Waals surface area contributed by atoms with E-state index in [-0.39, 0.29) is 18.4 Å². The number of ether oxygens (including phenoxy) is 1. The van der Waals surface area contributed by atoms with Crippen LogP contribution in [0.25, 0.3) is 0 Å². The zero-order chi connectivity index (χ0) is 14.3. The highest BCUT2D eigenvalue weighted by molar-refractivity contribution is 9.10. The van der Waals surface area contributed by atoms with Gasteiger partial charge in [-0.15, -0.1) is 0 Å². The summed E-state index contributed by atoms with van der Waals surface area (Å²) in [6, 6.07) is 4.37. The van der Waals surface area contributed by atoms with E-state index in [2.05, 4.69) is 21.2 Å². The van der Waals surface area contributed by atoms with E-state index in [1.807, 2.05) is 0 Å². The molecule has 1 fully saturated rings. The molecule has 1 N–H and O–H groups in total. The van der Waals surface area contributed by atoms with Crippen LogP contribution in [0.3, 0.4) is 0 Å². The zero-order valence-electron chi connectivity index (χ0n) is 9.97. The lowest BCUT2D eigenvalue weighted by Crippen LogP contribution is -2.47. The Labute approximate surface area is 116 Å². The zero-order valence-corrected chi connectivity index (χ0v) is 11.6. The van der Waals surface area contributed by atoms with Gasteiger partial charge in [-0.3, -0.25) is 4.79 Å². The summed E-state index contributed by atoms with van der Waals surface area (Å²) < 4.78 is 43.7. The van der Waals surface area contributed by atoms with Gasteiger partial charge in [-0.05, 0) is 47.0 Å². The van der Waals surface area contributed by atoms with Gasteiger partial charge in [-0.1, -0.05) is 0 Å². The van der Waals surface area contributed by atoms with E-state index < -0.39 is 17.6 Å². The van der Waals surface area contributed by atoms with Crippen molar-refractivity contribution in [3.05, 3.63) is 28.2 Å². The van der Waals surface area contributed by atoms with E-state index in [0.717, 1.165) is 0 Å². The molecule has 0 aromatic heterocycles. The van der Waals surface area contributed by atoms with Gasteiger partial charge in [0.05, 0.1) is 11.6 Å². The molecule has 1 aromatic carbocycles. The lowest BCUT2D eigenvalue weighted by atomic mass is 10.1. The van der Waals surface area contributed by atoms with Crippen molar-refractivity contribution in [2.45, 2.75) is 24.6 Å². The summed E-state index contributed by atoms with van der Waals surface area (Å²) in [6.45, 7) is 0. The van der Waals surface area contributed by atoms with Crippen LogP contribution in [0.1, 0.15) is 23.2 Å². The van der Waals surface area contributed by atoms with E-state index >= 15 is 0 Å². The number of rotatable bonds is 3. The monoisotopic (exact) mass is 337 g/mol. The van der Waals surface area contributed by atoms with Crippen LogP contribution in [0.15, 0.2) is 22.7 Å². The minimum atomic E-state index is -4.41. The van der Waals surface area contributed by atoms with Crippen LogP contribution in [-0.4, -0.2) is 24.7 Å². The third kappa shape index (κ3) is 2.70. The van der Waals surface area contributed by atoms with Gasteiger partial charge in [0.25, 0.3) is 5.91 Å². The Hall–Kier alpha value is -1.24. The first-order valence-electron chi connectivity index (χ1n) is 5.52. The molecule has 7 heteroatoms. The average Bonchev–Trinajstić information content (AvgIpc) is 3.09. The fourth-order valence-corrected chi connectivity index (χ4v) is 2.24. The predicted octanol–water partition coefficient (Wildman–Crippen LogP) is 3.28. The molecule has 104 valence electrons. The average molecular weight is 338 g/mol. The number of halogens is 4. The first kappa shape index (κ1) is 14.2. The van der Waals surface area contributed by atoms with Gasteiger partial charge in [-0.2, -0.15) is 13.2 Å². The molecule has 19 heavy (non-hydrogen) atoms. The van der Waals surface area contributed by atoms with E-state index in [1.54, 1.807) is 0 Å². The van der Waals surface area contributed by atoms with Crippen LogP contribution in [0.2, 0.25) is 0 Å². The maximum atomic E-state index is 12.7. The number of hydrogen-bond donors (Lipinski definition) is 1. The van der Waals surface area contributed by atoms with E-state index in [9.17, 15) is 18.0 Å². The van der Waals surface area contributed by atoms with Gasteiger partial charge in [-0.25, -0.2) is 0 Å². The Morgan fingerprint density at radius 2 is 2.05 bits per heavy atom. The Morgan fingerprint density at radius 1 is 1.42 bits per heavy atom. The minimum absolute atomic E-state index is 0.0699. The topological polar surface area (TPSA) is 38.3 Å². The summed E-state index contributed by atoms with van der Waals surface area (Å²) in [5.41, 5.74) is -1.89. The molecule has 0 saturated heterocycles. The molecule has 1 aliphatic rings. The van der Waals surface area contributed by atoms with Gasteiger partial charge in [0.15, 0.2) is 0 Å². The van der Waals surface area contributed by atoms with Crippen molar-refractivity contribution in [2.75, 3.05) is 7.11 Å². The number of amides is 1. The minimum Gasteiger partial charge on any atom is -0.496 e. The summed E-state index contributed by atoms with van der Waals surface area (Å²) >= 11 is 3.18. The summed E-state index contributed by atoms with van der Waals surface area (Å²) in [7, 11) is 1.46. The molecule has 0 unspecified atom stereocenters. The maximum Gasteiger partial charge on any atom is 0.411 e. The molecule has 0 bridgehead atoms. The molecular formula is C12H11BrF3NO2. The largest absolute Gasteiger partial charge is 0.496 e. The van der Waals surface area contributed by atoms with Crippen molar-refractivity contribution >= 4 is 21.8 Å². The van der Waals surface area contributed by atoms with Crippen molar-refractivity contribution in [3.63, 3.8) is 0 Å². The third-order valence-electron chi connectivity index (χ3n) is 3.06. The highest BCUT2D eigenvalue weighted by Gasteiger charge is 2.64. The summed E-state index contributed by atoms with van der Waals surface area (Å²) in [6.07, 6.45) is -4.55. The fraction of sp³-hybridized carbons (Fsp3) is 0.417. The van der Waals surface area contributed by atoms with Crippen LogP contribution in [0.5, 0.6) is 5.75 Å². The number of carbonyl (C=O) groups excluding carboxylic acids is 1. The smallest absolute Gasteiger partial charge is 0.411 e. The molecule has 0 aliphatic heterocycles. The molecule has 2 rings (SSSR count). The second-order valence-corrected chi connectivity index (χ2v) is 5.24. The quantitative estimate of drug-likeness (QED) is 0.919. The van der Waals surface area contributed by atoms with E-state index in [1.165, 1.54) is 25.3 Å². The molecular weight excluding hydrogens is 327 g/mol. The Morgan fingerprint density at radius 3 is 2.47 bits per heavy atom. The number of carbonyl (C=O) groups is 1. The van der Waals surface area contributed by atoms with Gasteiger partial charge < -0.3 is 10.1 Å². The summed E-state index contributed by atoms with van der Waals surface area (Å²) in [4.78, 5) is 11.8. The van der Waals surface area contributed by atoms with Crippen molar-refractivity contribution < 1.29 is 22.7 Å². The van der Waals surface area contributed by atoms with Crippen molar-refractivity contribution in [3.8, 4) is 5.75 Å². The van der Waals surface area contributed by atoms with Crippen molar-refractivity contribution in [1.82, 2.24) is 5.32 Å². The molecule has 3 nitrogen and oxygen atoms in total. The first-order chi connectivity index (χ1) is 8.79. The Balaban J connectivity index is 2.15. The number of hydrogen-bond acceptors (Lipinski definition) is 2. The molecule has 0 atom stereocenters. The summed E-state index contributed by atoms with van der Waals surface area (Å²) in [5.74, 6) is -0.230. The standard InChI is InChI=1S/C12H11BrF3NO2/c1-19-9-3-2-7(6-8(9)13)10(18)17-11(4-5-11)12(14,15)16/h2-3,6H,4-5H2,1H3,(H,17,18). The second kappa shape index (κ2) is 4.70. The molecule has 0 heterocycles. The normalized spacial score (nSPS) is 16.9. The SMILES string of the molecule is COc1ccc(C(=O)NC2(C(F)(F)F)CC2)cc1Br. The number of benzene rings is 1. The Bertz CT molecular complexity index is 512. The first-order valence-corrected chi connectivity index (χ1v) is 6.31. The lowest BCUT2D eigenvalue weighted by Gasteiger charge is -2.20. The fourth-order valence-electron chi connectivity index (χ4n) is 1.70. The number of nitrogens with one attached hydrogen (secondary N) is 1. The van der Waals surface area contributed by atoms with Crippen LogP contribution in [-0.2, 0) is 0 Å². The van der Waals surface area contributed by atoms with Crippen LogP contribution < -0.4 is 10.1 Å². The highest BCUT2D eigenvalue weighted by atomic mass is 79.9. The molecule has 1 aromatic rings. The number of methoxy groups -OCH3 is 1. The van der Waals surface area contributed by atoms with Gasteiger partial charge >= 0.3 is 6.18 Å². The second-order valence-electron chi connectivity index (χ2n) is 4.38. The van der Waals surface area contributed by atoms with Crippen LogP contribution in [0, 0.1) is 0 Å². The van der Waals surface area contributed by atoms with Gasteiger partial charge in [0.2, 0.25) is 0 Å². The molecule has 1 amide bonds. The molecule has 0 radical (unpaired) electrons. The van der Waals surface area contributed by atoms with Gasteiger partial charge in [0.1, 0.15) is 11.3 Å². The molecule has 0 spiro atoms. The lowest BCUT2D eigenvalue weighted by molar-refractivity contribution is -0.163. The summed E-state index contributed by atoms with van der Waals surface area (Å²) in [5, 5.41) is 2.06. The third-order valence-corrected chi connectivity index (χ3v) is 3.68. The van der Waals surface area contributed by atoms with Crippen LogP contribution in [0.4, 0.5) is 13.2 Å². The molecule has 1 saturated carbocycles. The van der Waals surface area contributed by atoms with Crippen molar-refractivity contribution in [2.24, 2.45) is 0 Å². The van der Waals surface area contributed by atoms with Crippen LogP contribution >= 0.6 is 15.9 Å².